The maximum Gasteiger partial charge on any atom is 0.146 e. The number of benzene rings is 1. The van der Waals surface area contributed by atoms with Crippen LogP contribution in [0.3, 0.4) is 0 Å². The smallest absolute Gasteiger partial charge is 0.146 e. The highest BCUT2D eigenvalue weighted by Gasteiger charge is 2.09. The van der Waals surface area contributed by atoms with E-state index in [2.05, 4.69) is 35.1 Å². The summed E-state index contributed by atoms with van der Waals surface area (Å²) in [5.41, 5.74) is 1.05. The molecule has 1 aromatic heterocycles. The van der Waals surface area contributed by atoms with Gasteiger partial charge in [-0.1, -0.05) is 13.8 Å². The number of furan rings is 1. The molecule has 0 unspecified atom stereocenters. The van der Waals surface area contributed by atoms with Crippen LogP contribution in [0.4, 0.5) is 4.39 Å². The van der Waals surface area contributed by atoms with Crippen LogP contribution in [0.5, 0.6) is 5.75 Å². The predicted molar refractivity (Wildman–Crippen MR) is 79.1 cm³/mol. The molecule has 0 amide bonds. The molecule has 0 spiro atoms. The monoisotopic (exact) mass is 341 g/mol. The minimum Gasteiger partial charge on any atom is -0.484 e. The minimum atomic E-state index is -0.329. The summed E-state index contributed by atoms with van der Waals surface area (Å²) in [4.78, 5) is 0. The molecule has 2 rings (SSSR count). The SMILES string of the molecule is CC(C)NCc1ccoc1COc1cc(F)ccc1Br. The second kappa shape index (κ2) is 6.90. The third-order valence-electron chi connectivity index (χ3n) is 2.79. The van der Waals surface area contributed by atoms with E-state index in [9.17, 15) is 4.39 Å². The molecule has 2 aromatic rings. The van der Waals surface area contributed by atoms with Crippen molar-refractivity contribution in [3.8, 4) is 5.75 Å². The number of nitrogens with one attached hydrogen (secondary N) is 1. The normalized spacial score (nSPS) is 11.1. The highest BCUT2D eigenvalue weighted by atomic mass is 79.9. The summed E-state index contributed by atoms with van der Waals surface area (Å²) in [7, 11) is 0. The number of halogens is 2. The zero-order valence-corrected chi connectivity index (χ0v) is 13.0. The Hall–Kier alpha value is -1.33. The van der Waals surface area contributed by atoms with E-state index in [0.29, 0.717) is 16.3 Å². The molecule has 0 fully saturated rings. The molecule has 0 aliphatic carbocycles. The van der Waals surface area contributed by atoms with Gasteiger partial charge in [0, 0.05) is 24.2 Å². The molecular weight excluding hydrogens is 325 g/mol. The van der Waals surface area contributed by atoms with Crippen LogP contribution in [-0.2, 0) is 13.2 Å². The maximum absolute atomic E-state index is 13.2. The van der Waals surface area contributed by atoms with Crippen molar-refractivity contribution >= 4 is 15.9 Å². The Morgan fingerprint density at radius 2 is 2.15 bits per heavy atom. The Labute approximate surface area is 126 Å². The number of hydrogen-bond donors (Lipinski definition) is 1. The topological polar surface area (TPSA) is 34.4 Å². The quantitative estimate of drug-likeness (QED) is 0.852. The van der Waals surface area contributed by atoms with Crippen LogP contribution in [0.1, 0.15) is 25.2 Å². The minimum absolute atomic E-state index is 0.268. The lowest BCUT2D eigenvalue weighted by molar-refractivity contribution is 0.265. The van der Waals surface area contributed by atoms with Gasteiger partial charge in [0.25, 0.3) is 0 Å². The standard InChI is InChI=1S/C15H17BrFNO2/c1-10(2)18-8-11-5-6-19-15(11)9-20-14-7-12(17)3-4-13(14)16/h3-7,10,18H,8-9H2,1-2H3. The highest BCUT2D eigenvalue weighted by molar-refractivity contribution is 9.10. The van der Waals surface area contributed by atoms with Crippen LogP contribution < -0.4 is 10.1 Å². The van der Waals surface area contributed by atoms with Crippen LogP contribution in [0.15, 0.2) is 39.4 Å². The fourth-order valence-corrected chi connectivity index (χ4v) is 2.06. The Morgan fingerprint density at radius 3 is 2.90 bits per heavy atom. The van der Waals surface area contributed by atoms with E-state index < -0.39 is 0 Å². The van der Waals surface area contributed by atoms with Crippen molar-refractivity contribution in [3.05, 3.63) is 52.1 Å². The van der Waals surface area contributed by atoms with Gasteiger partial charge in [-0.2, -0.15) is 0 Å². The molecule has 0 bridgehead atoms. The van der Waals surface area contributed by atoms with Gasteiger partial charge in [0.05, 0.1) is 10.7 Å². The molecule has 0 radical (unpaired) electrons. The van der Waals surface area contributed by atoms with E-state index in [4.69, 9.17) is 9.15 Å². The average Bonchev–Trinajstić information content (AvgIpc) is 2.85. The molecule has 0 aliphatic heterocycles. The molecule has 0 saturated heterocycles. The van der Waals surface area contributed by atoms with Crippen LogP contribution in [0, 0.1) is 5.82 Å². The first-order valence-electron chi connectivity index (χ1n) is 6.42. The fraction of sp³-hybridized carbons (Fsp3) is 0.333. The Bertz CT molecular complexity index is 569. The van der Waals surface area contributed by atoms with E-state index in [-0.39, 0.29) is 12.4 Å². The fourth-order valence-electron chi connectivity index (χ4n) is 1.70. The van der Waals surface area contributed by atoms with Crippen molar-refractivity contribution in [1.29, 1.82) is 0 Å². The van der Waals surface area contributed by atoms with Gasteiger partial charge in [0.2, 0.25) is 0 Å². The van der Waals surface area contributed by atoms with Gasteiger partial charge < -0.3 is 14.5 Å². The van der Waals surface area contributed by atoms with Gasteiger partial charge in [-0.15, -0.1) is 0 Å². The summed E-state index contributed by atoms with van der Waals surface area (Å²) in [5, 5.41) is 3.32. The second-order valence-corrected chi connectivity index (χ2v) is 5.62. The Kier molecular flexibility index (Phi) is 5.20. The highest BCUT2D eigenvalue weighted by Crippen LogP contribution is 2.26. The van der Waals surface area contributed by atoms with Crippen LogP contribution >= 0.6 is 15.9 Å². The lowest BCUT2D eigenvalue weighted by Gasteiger charge is -2.10. The van der Waals surface area contributed by atoms with E-state index >= 15 is 0 Å². The molecule has 1 aromatic carbocycles. The lowest BCUT2D eigenvalue weighted by atomic mass is 10.2. The van der Waals surface area contributed by atoms with Gasteiger partial charge in [0.15, 0.2) is 0 Å². The van der Waals surface area contributed by atoms with Crippen molar-refractivity contribution in [1.82, 2.24) is 5.32 Å². The van der Waals surface area contributed by atoms with E-state index in [1.54, 1.807) is 12.3 Å². The predicted octanol–water partition coefficient (Wildman–Crippen LogP) is 4.26. The largest absolute Gasteiger partial charge is 0.484 e. The maximum atomic E-state index is 13.2. The first-order chi connectivity index (χ1) is 9.56. The first kappa shape index (κ1) is 15.1. The molecule has 108 valence electrons. The van der Waals surface area contributed by atoms with E-state index in [0.717, 1.165) is 17.9 Å². The molecule has 20 heavy (non-hydrogen) atoms. The van der Waals surface area contributed by atoms with Gasteiger partial charge >= 0.3 is 0 Å². The molecule has 3 nitrogen and oxygen atoms in total. The summed E-state index contributed by atoms with van der Waals surface area (Å²) in [6.45, 7) is 5.15. The molecule has 1 N–H and O–H groups in total. The van der Waals surface area contributed by atoms with Gasteiger partial charge in [-0.25, -0.2) is 4.39 Å². The van der Waals surface area contributed by atoms with Gasteiger partial charge in [-0.05, 0) is 34.1 Å². The summed E-state index contributed by atoms with van der Waals surface area (Å²) in [6, 6.07) is 6.65. The molecule has 1 heterocycles. The molecule has 5 heteroatoms. The zero-order valence-electron chi connectivity index (χ0n) is 11.5. The van der Waals surface area contributed by atoms with Crippen LogP contribution in [0.2, 0.25) is 0 Å². The summed E-state index contributed by atoms with van der Waals surface area (Å²) >= 11 is 3.33. The molecule has 0 saturated carbocycles. The third kappa shape index (κ3) is 4.08. The first-order valence-corrected chi connectivity index (χ1v) is 7.22. The zero-order chi connectivity index (χ0) is 14.5. The summed E-state index contributed by atoms with van der Waals surface area (Å²) in [5.74, 6) is 0.878. The Balaban J connectivity index is 2.00. The van der Waals surface area contributed by atoms with Gasteiger partial charge in [0.1, 0.15) is 23.9 Å². The van der Waals surface area contributed by atoms with Crippen LogP contribution in [-0.4, -0.2) is 6.04 Å². The molecule has 0 atom stereocenters. The molecule has 0 aliphatic rings. The number of ether oxygens (including phenoxy) is 1. The Morgan fingerprint density at radius 1 is 1.35 bits per heavy atom. The number of hydrogen-bond acceptors (Lipinski definition) is 3. The van der Waals surface area contributed by atoms with Crippen molar-refractivity contribution in [2.45, 2.75) is 33.0 Å². The van der Waals surface area contributed by atoms with E-state index in [1.807, 2.05) is 6.07 Å². The van der Waals surface area contributed by atoms with E-state index in [1.165, 1.54) is 12.1 Å². The molecular formula is C15H17BrFNO2. The van der Waals surface area contributed by atoms with Crippen molar-refractivity contribution in [3.63, 3.8) is 0 Å². The van der Waals surface area contributed by atoms with Gasteiger partial charge in [-0.3, -0.25) is 0 Å². The second-order valence-electron chi connectivity index (χ2n) is 4.77. The van der Waals surface area contributed by atoms with Crippen molar-refractivity contribution < 1.29 is 13.5 Å². The average molecular weight is 342 g/mol. The van der Waals surface area contributed by atoms with Crippen molar-refractivity contribution in [2.24, 2.45) is 0 Å². The summed E-state index contributed by atoms with van der Waals surface area (Å²) in [6.07, 6.45) is 1.64. The lowest BCUT2D eigenvalue weighted by Crippen LogP contribution is -2.22. The third-order valence-corrected chi connectivity index (χ3v) is 3.45. The van der Waals surface area contributed by atoms with Crippen LogP contribution in [0.25, 0.3) is 0 Å². The summed E-state index contributed by atoms with van der Waals surface area (Å²) < 4.78 is 24.9. The van der Waals surface area contributed by atoms with Crippen molar-refractivity contribution in [2.75, 3.05) is 0 Å². The number of rotatable bonds is 6.